The Morgan fingerprint density at radius 3 is 2.19 bits per heavy atom. The molecule has 0 aromatic carbocycles. The number of likely N-dealkylation sites (N-methyl/N-ethyl adjacent to an activating group) is 1. The minimum atomic E-state index is -1.42. The fourth-order valence-electron chi connectivity index (χ4n) is 3.65. The molecule has 26 heavy (non-hydrogen) atoms. The van der Waals surface area contributed by atoms with Crippen LogP contribution in [0, 0.1) is 0 Å². The highest BCUT2D eigenvalue weighted by atomic mass is 32.1. The average molecular weight is 396 g/mol. The maximum Gasteiger partial charge on any atom is 0.347 e. The lowest BCUT2D eigenvalue weighted by Crippen LogP contribution is -2.44. The number of aliphatic carboxylic acids is 1. The highest BCUT2D eigenvalue weighted by molar-refractivity contribution is 7.12. The molecule has 142 valence electrons. The van der Waals surface area contributed by atoms with Gasteiger partial charge in [-0.3, -0.25) is 0 Å². The van der Waals surface area contributed by atoms with Gasteiger partial charge in [-0.2, -0.15) is 0 Å². The molecule has 5 nitrogen and oxygen atoms in total. The van der Waals surface area contributed by atoms with Crippen molar-refractivity contribution in [2.75, 3.05) is 20.2 Å². The van der Waals surface area contributed by atoms with E-state index in [9.17, 15) is 9.90 Å². The number of hydrogen-bond acceptors (Lipinski definition) is 6. The van der Waals surface area contributed by atoms with Crippen LogP contribution in [-0.4, -0.2) is 53.4 Å². The quantitative estimate of drug-likeness (QED) is 0.717. The molecule has 0 unspecified atom stereocenters. The summed E-state index contributed by atoms with van der Waals surface area (Å²) in [6.45, 7) is 0.825. The fourth-order valence-corrected chi connectivity index (χ4v) is 5.46. The number of thiophene rings is 2. The first kappa shape index (κ1) is 19.5. The second-order valence-electron chi connectivity index (χ2n) is 6.69. The van der Waals surface area contributed by atoms with E-state index in [0.717, 1.165) is 25.7 Å². The molecule has 0 bridgehead atoms. The van der Waals surface area contributed by atoms with Crippen LogP contribution in [-0.2, 0) is 15.1 Å². The summed E-state index contributed by atoms with van der Waals surface area (Å²) in [6, 6.07) is 7.85. The smallest absolute Gasteiger partial charge is 0.347 e. The highest BCUT2D eigenvalue weighted by Gasteiger charge is 2.48. The van der Waals surface area contributed by atoms with Crippen molar-refractivity contribution in [3.63, 3.8) is 0 Å². The topological polar surface area (TPSA) is 70.0 Å². The molecular weight excluding hydrogens is 370 g/mol. The van der Waals surface area contributed by atoms with Crippen LogP contribution in [0.25, 0.3) is 0 Å². The third-order valence-electron chi connectivity index (χ3n) is 5.10. The molecule has 0 radical (unpaired) electrons. The molecule has 2 N–H and O–H groups in total. The highest BCUT2D eigenvalue weighted by Crippen LogP contribution is 2.42. The largest absolute Gasteiger partial charge is 0.479 e. The van der Waals surface area contributed by atoms with E-state index < -0.39 is 11.6 Å². The monoisotopic (exact) mass is 395 g/mol. The lowest BCUT2D eigenvalue weighted by Gasteiger charge is -2.38. The average Bonchev–Trinajstić information content (AvgIpc) is 3.34. The zero-order valence-electron chi connectivity index (χ0n) is 14.8. The van der Waals surface area contributed by atoms with Gasteiger partial charge in [0.1, 0.15) is 0 Å². The van der Waals surface area contributed by atoms with Crippen molar-refractivity contribution in [3.8, 4) is 0 Å². The van der Waals surface area contributed by atoms with Crippen molar-refractivity contribution in [1.82, 2.24) is 4.90 Å². The summed E-state index contributed by atoms with van der Waals surface area (Å²) in [5, 5.41) is 23.1. The number of carbonyl (C=O) groups is 1. The number of rotatable bonds is 8. The third-order valence-corrected chi connectivity index (χ3v) is 7.04. The van der Waals surface area contributed by atoms with E-state index in [1.807, 2.05) is 42.1 Å². The van der Waals surface area contributed by atoms with Crippen molar-refractivity contribution in [1.29, 1.82) is 0 Å². The second kappa shape index (κ2) is 8.63. The van der Waals surface area contributed by atoms with E-state index in [2.05, 4.69) is 4.90 Å². The Morgan fingerprint density at radius 2 is 1.77 bits per heavy atom. The summed E-state index contributed by atoms with van der Waals surface area (Å²) in [5.74, 6) is -0.957. The molecule has 2 heterocycles. The number of ether oxygens (including phenoxy) is 1. The van der Waals surface area contributed by atoms with Crippen LogP contribution < -0.4 is 0 Å². The summed E-state index contributed by atoms with van der Waals surface area (Å²) in [7, 11) is 2.03. The Balaban J connectivity index is 1.79. The van der Waals surface area contributed by atoms with Gasteiger partial charge >= 0.3 is 5.97 Å². The molecule has 1 fully saturated rings. The van der Waals surface area contributed by atoms with Crippen molar-refractivity contribution < 1.29 is 19.7 Å². The molecule has 2 aromatic rings. The standard InChI is InChI=1S/C19H25NO4S2/c1-20(10-11-21)14-6-8-15(9-7-14)24-19(18(22)23,16-4-2-12-25-16)17-5-3-13-26-17/h2-5,12-15,21H,6-11H2,1H3,(H,22,23). The minimum Gasteiger partial charge on any atom is -0.479 e. The van der Waals surface area contributed by atoms with Gasteiger partial charge in [0.25, 0.3) is 0 Å². The minimum absolute atomic E-state index is 0.0888. The van der Waals surface area contributed by atoms with Gasteiger partial charge in [-0.1, -0.05) is 12.1 Å². The Kier molecular flexibility index (Phi) is 6.47. The number of hydrogen-bond donors (Lipinski definition) is 2. The molecule has 0 spiro atoms. The predicted molar refractivity (Wildman–Crippen MR) is 104 cm³/mol. The Bertz CT molecular complexity index is 644. The number of carboxylic acid groups (broad SMARTS) is 1. The molecule has 0 atom stereocenters. The number of carboxylic acids is 1. The molecule has 1 saturated carbocycles. The summed E-state index contributed by atoms with van der Waals surface area (Å²) in [5.41, 5.74) is -1.42. The number of aliphatic hydroxyl groups excluding tert-OH is 1. The van der Waals surface area contributed by atoms with E-state index in [0.29, 0.717) is 22.3 Å². The van der Waals surface area contributed by atoms with E-state index in [1.165, 1.54) is 22.7 Å². The fraction of sp³-hybridized carbons (Fsp3) is 0.526. The molecule has 2 aromatic heterocycles. The van der Waals surface area contributed by atoms with Gasteiger partial charge in [0.2, 0.25) is 5.60 Å². The normalized spacial score (nSPS) is 21.2. The number of nitrogens with zero attached hydrogens (tertiary/aromatic N) is 1. The van der Waals surface area contributed by atoms with Crippen molar-refractivity contribution >= 4 is 28.6 Å². The molecule has 1 aliphatic carbocycles. The van der Waals surface area contributed by atoms with E-state index in [4.69, 9.17) is 9.84 Å². The first-order valence-corrected chi connectivity index (χ1v) is 10.6. The molecular formula is C19H25NO4S2. The van der Waals surface area contributed by atoms with Crippen LogP contribution >= 0.6 is 22.7 Å². The van der Waals surface area contributed by atoms with Gasteiger partial charge in [0.15, 0.2) is 0 Å². The van der Waals surface area contributed by atoms with E-state index in [1.54, 1.807) is 0 Å². The van der Waals surface area contributed by atoms with Crippen molar-refractivity contribution in [2.45, 2.75) is 43.4 Å². The zero-order chi connectivity index (χ0) is 18.6. The van der Waals surface area contributed by atoms with Gasteiger partial charge in [-0.15, -0.1) is 22.7 Å². The van der Waals surface area contributed by atoms with Gasteiger partial charge in [-0.25, -0.2) is 4.79 Å². The predicted octanol–water partition coefficient (Wildman–Crippen LogP) is 3.39. The molecule has 1 aliphatic rings. The molecule has 7 heteroatoms. The first-order valence-electron chi connectivity index (χ1n) is 8.88. The second-order valence-corrected chi connectivity index (χ2v) is 8.59. The summed E-state index contributed by atoms with van der Waals surface area (Å²) >= 11 is 2.84. The van der Waals surface area contributed by atoms with Gasteiger partial charge in [-0.05, 0) is 55.6 Å². The third kappa shape index (κ3) is 3.87. The Morgan fingerprint density at radius 1 is 1.19 bits per heavy atom. The molecule has 0 amide bonds. The van der Waals surface area contributed by atoms with Crippen molar-refractivity contribution in [2.24, 2.45) is 0 Å². The van der Waals surface area contributed by atoms with Gasteiger partial charge < -0.3 is 19.8 Å². The SMILES string of the molecule is CN(CCO)C1CCC(OC(C(=O)O)(c2cccs2)c2cccs2)CC1. The molecule has 3 rings (SSSR count). The zero-order valence-corrected chi connectivity index (χ0v) is 16.5. The maximum absolute atomic E-state index is 12.4. The summed E-state index contributed by atoms with van der Waals surface area (Å²) < 4.78 is 6.37. The van der Waals surface area contributed by atoms with E-state index in [-0.39, 0.29) is 12.7 Å². The van der Waals surface area contributed by atoms with Crippen LogP contribution in [0.15, 0.2) is 35.0 Å². The summed E-state index contributed by atoms with van der Waals surface area (Å²) in [6.07, 6.45) is 3.46. The Hall–Kier alpha value is -1.25. The van der Waals surface area contributed by atoms with Crippen LogP contribution in [0.3, 0.4) is 0 Å². The maximum atomic E-state index is 12.4. The van der Waals surface area contributed by atoms with Crippen molar-refractivity contribution in [3.05, 3.63) is 44.8 Å². The Labute approximate surface area is 161 Å². The van der Waals surface area contributed by atoms with Crippen LogP contribution in [0.5, 0.6) is 0 Å². The molecule has 0 aliphatic heterocycles. The first-order chi connectivity index (χ1) is 12.6. The van der Waals surface area contributed by atoms with Crippen LogP contribution in [0.4, 0.5) is 0 Å². The van der Waals surface area contributed by atoms with Crippen LogP contribution in [0.2, 0.25) is 0 Å². The van der Waals surface area contributed by atoms with E-state index >= 15 is 0 Å². The van der Waals surface area contributed by atoms with Gasteiger partial charge in [0, 0.05) is 12.6 Å². The summed E-state index contributed by atoms with van der Waals surface area (Å²) in [4.78, 5) is 16.0. The number of aliphatic hydroxyl groups is 1. The van der Waals surface area contributed by atoms with Gasteiger partial charge in [0.05, 0.1) is 22.5 Å². The lowest BCUT2D eigenvalue weighted by atomic mass is 9.90. The van der Waals surface area contributed by atoms with Crippen LogP contribution in [0.1, 0.15) is 35.4 Å². The molecule has 0 saturated heterocycles. The lowest BCUT2D eigenvalue weighted by molar-refractivity contribution is -0.170.